The van der Waals surface area contributed by atoms with Crippen LogP contribution in [0.15, 0.2) is 18.2 Å². The lowest BCUT2D eigenvalue weighted by atomic mass is 10.0. The van der Waals surface area contributed by atoms with Crippen LogP contribution < -0.4 is 10.0 Å². The lowest BCUT2D eigenvalue weighted by molar-refractivity contribution is 0.548. The summed E-state index contributed by atoms with van der Waals surface area (Å²) < 4.78 is 24.3. The van der Waals surface area contributed by atoms with Crippen molar-refractivity contribution in [3.8, 4) is 0 Å². The van der Waals surface area contributed by atoms with Crippen LogP contribution in [0.4, 0.5) is 0 Å². The summed E-state index contributed by atoms with van der Waals surface area (Å²) in [6.07, 6.45) is 1.96. The minimum Gasteiger partial charge on any atom is -0.310 e. The van der Waals surface area contributed by atoms with E-state index in [1.807, 2.05) is 0 Å². The fraction of sp³-hybridized carbons (Fsp3) is 0.571. The molecule has 0 aliphatic heterocycles. The minimum atomic E-state index is -3.07. The van der Waals surface area contributed by atoms with E-state index in [0.717, 1.165) is 13.0 Å². The fourth-order valence-electron chi connectivity index (χ4n) is 2.04. The molecule has 19 heavy (non-hydrogen) atoms. The smallest absolute Gasteiger partial charge is 0.208 e. The number of rotatable bonds is 7. The van der Waals surface area contributed by atoms with Crippen LogP contribution >= 0.6 is 0 Å². The Morgan fingerprint density at radius 3 is 2.21 bits per heavy atom. The van der Waals surface area contributed by atoms with Gasteiger partial charge in [0, 0.05) is 12.6 Å². The minimum absolute atomic E-state index is 0.275. The molecule has 0 radical (unpaired) electrons. The Morgan fingerprint density at radius 1 is 1.11 bits per heavy atom. The zero-order valence-corrected chi connectivity index (χ0v) is 13.0. The van der Waals surface area contributed by atoms with E-state index in [2.05, 4.69) is 49.0 Å². The van der Waals surface area contributed by atoms with Crippen molar-refractivity contribution < 1.29 is 8.42 Å². The molecule has 0 saturated carbocycles. The highest BCUT2D eigenvalue weighted by atomic mass is 32.2. The highest BCUT2D eigenvalue weighted by Gasteiger charge is 2.06. The third kappa shape index (κ3) is 6.71. The third-order valence-corrected chi connectivity index (χ3v) is 3.64. The predicted octanol–water partition coefficient (Wildman–Crippen LogP) is 1.89. The van der Waals surface area contributed by atoms with Crippen molar-refractivity contribution >= 4 is 10.0 Å². The maximum absolute atomic E-state index is 10.9. The van der Waals surface area contributed by atoms with Crippen LogP contribution in [0.1, 0.15) is 36.1 Å². The molecule has 0 aliphatic rings. The van der Waals surface area contributed by atoms with Gasteiger partial charge in [0.05, 0.1) is 6.26 Å². The van der Waals surface area contributed by atoms with Crippen molar-refractivity contribution in [3.05, 3.63) is 34.9 Å². The van der Waals surface area contributed by atoms with Crippen LogP contribution in [0.25, 0.3) is 0 Å². The normalized spacial score (nSPS) is 13.5. The van der Waals surface area contributed by atoms with Gasteiger partial charge in [-0.3, -0.25) is 0 Å². The first-order valence-electron chi connectivity index (χ1n) is 6.54. The van der Waals surface area contributed by atoms with Gasteiger partial charge >= 0.3 is 0 Å². The summed E-state index contributed by atoms with van der Waals surface area (Å²) in [7, 11) is -3.07. The molecule has 0 heterocycles. The van der Waals surface area contributed by atoms with Crippen LogP contribution in [0.2, 0.25) is 0 Å². The summed E-state index contributed by atoms with van der Waals surface area (Å²) in [4.78, 5) is 0. The molecule has 0 fully saturated rings. The van der Waals surface area contributed by atoms with Gasteiger partial charge in [-0.1, -0.05) is 29.3 Å². The maximum Gasteiger partial charge on any atom is 0.208 e. The number of benzene rings is 1. The molecule has 2 N–H and O–H groups in total. The van der Waals surface area contributed by atoms with Crippen LogP contribution in [0, 0.1) is 13.8 Å². The van der Waals surface area contributed by atoms with Crippen LogP contribution in [-0.4, -0.2) is 27.8 Å². The van der Waals surface area contributed by atoms with Crippen LogP contribution in [0.5, 0.6) is 0 Å². The van der Waals surface area contributed by atoms with E-state index in [4.69, 9.17) is 0 Å². The summed E-state index contributed by atoms with van der Waals surface area (Å²) >= 11 is 0. The van der Waals surface area contributed by atoms with Gasteiger partial charge in [-0.25, -0.2) is 13.1 Å². The molecule has 4 nitrogen and oxygen atoms in total. The zero-order valence-electron chi connectivity index (χ0n) is 12.2. The molecule has 108 valence electrons. The van der Waals surface area contributed by atoms with Crippen LogP contribution in [-0.2, 0) is 10.0 Å². The number of nitrogens with one attached hydrogen (secondary N) is 2. The topological polar surface area (TPSA) is 58.2 Å². The molecule has 0 aromatic heterocycles. The van der Waals surface area contributed by atoms with E-state index >= 15 is 0 Å². The predicted molar refractivity (Wildman–Crippen MR) is 79.8 cm³/mol. The monoisotopic (exact) mass is 284 g/mol. The molecule has 0 aliphatic carbocycles. The molecule has 1 aromatic carbocycles. The highest BCUT2D eigenvalue weighted by Crippen LogP contribution is 2.16. The molecule has 1 atom stereocenters. The Labute approximate surface area is 116 Å². The molecular formula is C14H24N2O2S. The lowest BCUT2D eigenvalue weighted by Crippen LogP contribution is -2.27. The molecular weight excluding hydrogens is 260 g/mol. The molecule has 1 rings (SSSR count). The molecule has 0 spiro atoms. The zero-order chi connectivity index (χ0) is 14.5. The number of hydrogen-bond donors (Lipinski definition) is 2. The first kappa shape index (κ1) is 16.1. The van der Waals surface area contributed by atoms with Gasteiger partial charge in [-0.15, -0.1) is 0 Å². The van der Waals surface area contributed by atoms with Gasteiger partial charge in [0.25, 0.3) is 0 Å². The Hall–Kier alpha value is -0.910. The molecule has 0 bridgehead atoms. The Morgan fingerprint density at radius 2 is 1.68 bits per heavy atom. The fourth-order valence-corrected chi connectivity index (χ4v) is 2.56. The van der Waals surface area contributed by atoms with E-state index in [0.29, 0.717) is 6.54 Å². The van der Waals surface area contributed by atoms with Crippen molar-refractivity contribution in [2.24, 2.45) is 0 Å². The second-order valence-electron chi connectivity index (χ2n) is 5.12. The van der Waals surface area contributed by atoms with Gasteiger partial charge in [0.2, 0.25) is 10.0 Å². The summed E-state index contributed by atoms with van der Waals surface area (Å²) in [6.45, 7) is 7.58. The molecule has 0 amide bonds. The van der Waals surface area contributed by atoms with E-state index < -0.39 is 10.0 Å². The SMILES string of the molecule is Cc1cc(C)cc(C(C)NCCCNS(C)(=O)=O)c1. The summed E-state index contributed by atoms with van der Waals surface area (Å²) in [5, 5.41) is 3.40. The van der Waals surface area contributed by atoms with E-state index in [-0.39, 0.29) is 6.04 Å². The highest BCUT2D eigenvalue weighted by molar-refractivity contribution is 7.88. The van der Waals surface area contributed by atoms with E-state index in [9.17, 15) is 8.42 Å². The summed E-state index contributed by atoms with van der Waals surface area (Å²) in [5.74, 6) is 0. The quantitative estimate of drug-likeness (QED) is 0.752. The standard InChI is InChI=1S/C14H24N2O2S/c1-11-8-12(2)10-14(9-11)13(3)15-6-5-7-16-19(4,17)18/h8-10,13,15-16H,5-7H2,1-4H3. The van der Waals surface area contributed by atoms with E-state index in [1.54, 1.807) is 0 Å². The molecule has 5 heteroatoms. The second kappa shape index (κ2) is 7.03. The molecule has 0 saturated heterocycles. The number of sulfonamides is 1. The van der Waals surface area contributed by atoms with Crippen molar-refractivity contribution in [1.29, 1.82) is 0 Å². The van der Waals surface area contributed by atoms with Gasteiger partial charge in [-0.2, -0.15) is 0 Å². The number of hydrogen-bond acceptors (Lipinski definition) is 3. The summed E-state index contributed by atoms with van der Waals surface area (Å²) in [5.41, 5.74) is 3.80. The molecule has 1 unspecified atom stereocenters. The average molecular weight is 284 g/mol. The Bertz CT molecular complexity index is 492. The van der Waals surface area contributed by atoms with Gasteiger partial charge in [-0.05, 0) is 39.3 Å². The second-order valence-corrected chi connectivity index (χ2v) is 6.95. The van der Waals surface area contributed by atoms with E-state index in [1.165, 1.54) is 22.9 Å². The maximum atomic E-state index is 10.9. The van der Waals surface area contributed by atoms with Gasteiger partial charge in [0.1, 0.15) is 0 Å². The Balaban J connectivity index is 2.37. The first-order valence-corrected chi connectivity index (χ1v) is 8.43. The van der Waals surface area contributed by atoms with Crippen LogP contribution in [0.3, 0.4) is 0 Å². The number of aryl methyl sites for hydroxylation is 2. The van der Waals surface area contributed by atoms with Crippen molar-refractivity contribution in [1.82, 2.24) is 10.0 Å². The lowest BCUT2D eigenvalue weighted by Gasteiger charge is -2.15. The largest absolute Gasteiger partial charge is 0.310 e. The van der Waals surface area contributed by atoms with Gasteiger partial charge in [0.15, 0.2) is 0 Å². The molecule has 1 aromatic rings. The van der Waals surface area contributed by atoms with Gasteiger partial charge < -0.3 is 5.32 Å². The first-order chi connectivity index (χ1) is 8.78. The third-order valence-electron chi connectivity index (χ3n) is 2.91. The van der Waals surface area contributed by atoms with Crippen molar-refractivity contribution in [2.45, 2.75) is 33.2 Å². The summed E-state index contributed by atoms with van der Waals surface area (Å²) in [6, 6.07) is 6.79. The average Bonchev–Trinajstić information content (AvgIpc) is 2.25. The van der Waals surface area contributed by atoms with Crippen molar-refractivity contribution in [2.75, 3.05) is 19.3 Å². The van der Waals surface area contributed by atoms with Crippen molar-refractivity contribution in [3.63, 3.8) is 0 Å². The Kier molecular flexibility index (Phi) is 5.97.